The summed E-state index contributed by atoms with van der Waals surface area (Å²) >= 11 is 13.9. The smallest absolute Gasteiger partial charge is 0.256 e. The second-order valence-corrected chi connectivity index (χ2v) is 11.3. The van der Waals surface area contributed by atoms with Gasteiger partial charge in [-0.15, -0.1) is 11.3 Å². The maximum atomic E-state index is 13.0. The minimum atomic E-state index is -0.407. The van der Waals surface area contributed by atoms with Crippen LogP contribution in [0.5, 0.6) is 0 Å². The lowest BCUT2D eigenvalue weighted by Crippen LogP contribution is -2.38. The molecule has 7 heteroatoms. The fraction of sp³-hybridized carbons (Fsp3) is 0.375. The average molecular weight is 475 g/mol. The van der Waals surface area contributed by atoms with Crippen molar-refractivity contribution < 1.29 is 9.21 Å². The summed E-state index contributed by atoms with van der Waals surface area (Å²) in [4.78, 5) is 14.4. The summed E-state index contributed by atoms with van der Waals surface area (Å²) in [6, 6.07) is 9.14. The molecule has 1 amide bonds. The van der Waals surface area contributed by atoms with Crippen LogP contribution in [-0.4, -0.2) is 5.91 Å². The number of furan rings is 1. The maximum Gasteiger partial charge on any atom is 0.256 e. The van der Waals surface area contributed by atoms with Crippen molar-refractivity contribution in [2.24, 2.45) is 11.3 Å². The van der Waals surface area contributed by atoms with Crippen molar-refractivity contribution in [2.45, 2.75) is 46.2 Å². The quantitative estimate of drug-likeness (QED) is 0.408. The molecule has 0 bridgehead atoms. The molecule has 0 unspecified atom stereocenters. The number of carbonyl (C=O) groups is 1. The summed E-state index contributed by atoms with van der Waals surface area (Å²) in [6.45, 7) is 6.92. The normalized spacial score (nSPS) is 20.6. The Morgan fingerprint density at radius 1 is 1.10 bits per heavy atom. The number of hydrogen-bond donors (Lipinski definition) is 2. The molecular formula is C24H24Cl2N2O2S. The van der Waals surface area contributed by atoms with E-state index >= 15 is 0 Å². The molecule has 0 spiro atoms. The van der Waals surface area contributed by atoms with Crippen LogP contribution in [0.3, 0.4) is 0 Å². The van der Waals surface area contributed by atoms with E-state index < -0.39 is 6.17 Å². The molecule has 2 N–H and O–H groups in total. The molecule has 1 aliphatic heterocycles. The third-order valence-corrected chi connectivity index (χ3v) is 8.31. The number of halogens is 2. The molecule has 0 saturated heterocycles. The van der Waals surface area contributed by atoms with E-state index in [2.05, 4.69) is 31.4 Å². The standard InChI is InChI=1S/C24H24Cl2N2O2S/c1-24(2,3)13-5-6-14-19(11-13)31-23-20(14)22(29)27-21(28-23)18-9-8-17(30-18)12-4-7-15(25)16(26)10-12/h4,7-10,13,21,28H,5-6,11H2,1-3H3,(H,27,29)/t13-,21-/m0/s1. The SMILES string of the molecule is CC(C)(C)[C@H]1CCc2c(sc3c2C(=O)N[C@H](c2ccc(-c4ccc(Cl)c(Cl)c4)o2)N3)C1. The van der Waals surface area contributed by atoms with Gasteiger partial charge >= 0.3 is 0 Å². The lowest BCUT2D eigenvalue weighted by atomic mass is 9.72. The molecule has 5 rings (SSSR count). The highest BCUT2D eigenvalue weighted by atomic mass is 35.5. The van der Waals surface area contributed by atoms with Crippen molar-refractivity contribution in [3.63, 3.8) is 0 Å². The number of nitrogens with one attached hydrogen (secondary N) is 2. The number of rotatable bonds is 2. The number of carbonyl (C=O) groups excluding carboxylic acids is 1. The lowest BCUT2D eigenvalue weighted by molar-refractivity contribution is 0.0930. The van der Waals surface area contributed by atoms with Gasteiger partial charge in [-0.25, -0.2) is 0 Å². The predicted octanol–water partition coefficient (Wildman–Crippen LogP) is 7.32. The van der Waals surface area contributed by atoms with Gasteiger partial charge in [0.05, 0.1) is 15.6 Å². The van der Waals surface area contributed by atoms with Crippen LogP contribution < -0.4 is 10.6 Å². The van der Waals surface area contributed by atoms with E-state index in [-0.39, 0.29) is 11.3 Å². The third kappa shape index (κ3) is 3.77. The summed E-state index contributed by atoms with van der Waals surface area (Å²) in [5.41, 5.74) is 3.15. The first kappa shape index (κ1) is 20.9. The van der Waals surface area contributed by atoms with Gasteiger partial charge in [0.25, 0.3) is 5.91 Å². The Bertz CT molecular complexity index is 1170. The average Bonchev–Trinajstić information content (AvgIpc) is 3.33. The van der Waals surface area contributed by atoms with Crippen molar-refractivity contribution in [3.8, 4) is 11.3 Å². The van der Waals surface area contributed by atoms with Gasteiger partial charge in [0.15, 0.2) is 6.17 Å². The molecular weight excluding hydrogens is 451 g/mol. The number of benzene rings is 1. The van der Waals surface area contributed by atoms with Gasteiger partial charge in [-0.1, -0.05) is 44.0 Å². The summed E-state index contributed by atoms with van der Waals surface area (Å²) in [5.74, 6) is 1.93. The van der Waals surface area contributed by atoms with E-state index in [1.165, 1.54) is 10.4 Å². The van der Waals surface area contributed by atoms with E-state index in [0.29, 0.717) is 27.5 Å². The van der Waals surface area contributed by atoms with Gasteiger partial charge in [-0.2, -0.15) is 0 Å². The highest BCUT2D eigenvalue weighted by Gasteiger charge is 2.37. The molecule has 162 valence electrons. The van der Waals surface area contributed by atoms with E-state index in [9.17, 15) is 4.79 Å². The molecule has 1 aromatic carbocycles. The third-order valence-electron chi connectivity index (χ3n) is 6.38. The highest BCUT2D eigenvalue weighted by molar-refractivity contribution is 7.16. The zero-order valence-electron chi connectivity index (χ0n) is 17.6. The molecule has 0 saturated carbocycles. The van der Waals surface area contributed by atoms with E-state index in [4.69, 9.17) is 27.6 Å². The first-order valence-corrected chi connectivity index (χ1v) is 12.0. The van der Waals surface area contributed by atoms with Gasteiger partial charge in [0, 0.05) is 10.4 Å². The molecule has 0 fully saturated rings. The van der Waals surface area contributed by atoms with Gasteiger partial charge in [0.2, 0.25) is 0 Å². The van der Waals surface area contributed by atoms with Crippen LogP contribution in [0.15, 0.2) is 34.7 Å². The predicted molar refractivity (Wildman–Crippen MR) is 127 cm³/mol. The Balaban J connectivity index is 1.41. The Morgan fingerprint density at radius 2 is 1.90 bits per heavy atom. The van der Waals surface area contributed by atoms with Gasteiger partial charge in [-0.3, -0.25) is 4.79 Å². The van der Waals surface area contributed by atoms with Crippen molar-refractivity contribution in [2.75, 3.05) is 5.32 Å². The van der Waals surface area contributed by atoms with Crippen LogP contribution in [0.25, 0.3) is 11.3 Å². The topological polar surface area (TPSA) is 54.3 Å². The number of anilines is 1. The zero-order chi connectivity index (χ0) is 21.9. The summed E-state index contributed by atoms with van der Waals surface area (Å²) < 4.78 is 6.06. The molecule has 1 aliphatic carbocycles. The minimum Gasteiger partial charge on any atom is -0.457 e. The Kier molecular flexibility index (Phi) is 5.11. The monoisotopic (exact) mass is 474 g/mol. The largest absolute Gasteiger partial charge is 0.457 e. The van der Waals surface area contributed by atoms with Gasteiger partial charge < -0.3 is 15.1 Å². The Labute approximate surface area is 195 Å². The summed E-state index contributed by atoms with van der Waals surface area (Å²) in [5, 5.41) is 8.47. The van der Waals surface area contributed by atoms with Crippen LogP contribution in [0.1, 0.15) is 59.9 Å². The summed E-state index contributed by atoms with van der Waals surface area (Å²) in [6.07, 6.45) is 2.72. The number of thiophene rings is 1. The Hall–Kier alpha value is -1.95. The van der Waals surface area contributed by atoms with Crippen molar-refractivity contribution in [1.29, 1.82) is 0 Å². The first-order valence-electron chi connectivity index (χ1n) is 10.5. The minimum absolute atomic E-state index is 0.0297. The fourth-order valence-electron chi connectivity index (χ4n) is 4.49. The van der Waals surface area contributed by atoms with Crippen LogP contribution in [0.4, 0.5) is 5.00 Å². The summed E-state index contributed by atoms with van der Waals surface area (Å²) in [7, 11) is 0. The molecule has 3 aromatic rings. The molecule has 0 radical (unpaired) electrons. The highest BCUT2D eigenvalue weighted by Crippen LogP contribution is 2.46. The van der Waals surface area contributed by atoms with Crippen LogP contribution >= 0.6 is 34.5 Å². The molecule has 2 aromatic heterocycles. The van der Waals surface area contributed by atoms with E-state index in [1.54, 1.807) is 23.5 Å². The number of hydrogen-bond acceptors (Lipinski definition) is 4. The van der Waals surface area contributed by atoms with Crippen molar-refractivity contribution in [3.05, 3.63) is 62.1 Å². The van der Waals surface area contributed by atoms with Gasteiger partial charge in [0.1, 0.15) is 16.5 Å². The van der Waals surface area contributed by atoms with Crippen molar-refractivity contribution in [1.82, 2.24) is 5.32 Å². The lowest BCUT2D eigenvalue weighted by Gasteiger charge is -2.34. The van der Waals surface area contributed by atoms with E-state index in [0.717, 1.165) is 35.4 Å². The number of fused-ring (bicyclic) bond motifs is 3. The van der Waals surface area contributed by atoms with E-state index in [1.807, 2.05) is 18.2 Å². The van der Waals surface area contributed by atoms with Crippen LogP contribution in [0.2, 0.25) is 10.0 Å². The van der Waals surface area contributed by atoms with Gasteiger partial charge in [-0.05, 0) is 66.5 Å². The first-order chi connectivity index (χ1) is 14.7. The second-order valence-electron chi connectivity index (χ2n) is 9.40. The molecule has 2 aliphatic rings. The maximum absolute atomic E-state index is 13.0. The zero-order valence-corrected chi connectivity index (χ0v) is 20.0. The second kappa shape index (κ2) is 7.58. The van der Waals surface area contributed by atoms with Crippen LogP contribution in [-0.2, 0) is 12.8 Å². The fourth-order valence-corrected chi connectivity index (χ4v) is 6.14. The molecule has 31 heavy (non-hydrogen) atoms. The van der Waals surface area contributed by atoms with Crippen LogP contribution in [0, 0.1) is 11.3 Å². The molecule has 3 heterocycles. The molecule has 2 atom stereocenters. The number of amides is 1. The molecule has 4 nitrogen and oxygen atoms in total. The Morgan fingerprint density at radius 3 is 2.65 bits per heavy atom. The van der Waals surface area contributed by atoms with Crippen molar-refractivity contribution >= 4 is 45.4 Å².